The Labute approximate surface area is 459 Å². The molecule has 14 aromatic rings. The largest absolute Gasteiger partial charge is 0.278 e. The quantitative estimate of drug-likeness (QED) is 0.150. The SMILES string of the molecule is [2H]c1c([2H])c([2H])c([Si]2(c3c([2H])c(-c4nc(-n5c6ccccc6c6ccccc65)nc(-n5c6ccccc6c6ccccc65)n4)c([2H])c([Si]4(c5c([2H])c([2H])c([2H])c([2H])c5[2H])c5ccccc5-c5ccccc54)c3[2H])c3ccccc3-c3ccccc32)c([2H])c1[2H]. The Morgan fingerprint density at radius 2 is 0.605 bits per heavy atom. The van der Waals surface area contributed by atoms with Crippen LogP contribution in [0.3, 0.4) is 0 Å². The first kappa shape index (κ1) is 31.9. The number of hydrogen-bond donors (Lipinski definition) is 0. The molecule has 11 aromatic carbocycles. The smallest absolute Gasteiger partial charge is 0.240 e. The number of aromatic nitrogens is 5. The highest BCUT2D eigenvalue weighted by molar-refractivity contribution is 7.24. The van der Waals surface area contributed by atoms with Crippen LogP contribution < -0.4 is 41.5 Å². The molecule has 0 spiro atoms. The Bertz CT molecular complexity index is 4910. The van der Waals surface area contributed by atoms with Crippen molar-refractivity contribution in [2.24, 2.45) is 0 Å². The Kier molecular flexibility index (Phi) is 6.92. The maximum Gasteiger partial charge on any atom is 0.240 e. The Morgan fingerprint density at radius 1 is 0.303 bits per heavy atom. The van der Waals surface area contributed by atoms with Crippen molar-refractivity contribution in [1.29, 1.82) is 0 Å². The molecule has 0 unspecified atom stereocenters. The minimum atomic E-state index is -4.83. The second-order valence-corrected chi connectivity index (χ2v) is 26.3. The van der Waals surface area contributed by atoms with Crippen LogP contribution in [-0.2, 0) is 0 Å². The van der Waals surface area contributed by atoms with Gasteiger partial charge in [-0.2, -0.15) is 15.0 Å². The zero-order valence-corrected chi connectivity index (χ0v) is 42.2. The summed E-state index contributed by atoms with van der Waals surface area (Å²) in [7, 11) is -9.65. The van der Waals surface area contributed by atoms with E-state index in [0.29, 0.717) is 43.0 Å². The summed E-state index contributed by atoms with van der Waals surface area (Å²) in [6.45, 7) is 0. The van der Waals surface area contributed by atoms with Gasteiger partial charge >= 0.3 is 0 Å². The van der Waals surface area contributed by atoms with E-state index in [2.05, 4.69) is 0 Å². The van der Waals surface area contributed by atoms with Crippen molar-refractivity contribution in [3.05, 3.63) is 273 Å². The van der Waals surface area contributed by atoms with Gasteiger partial charge in [-0.3, -0.25) is 9.13 Å². The molecule has 0 N–H and O–H groups in total. The minimum Gasteiger partial charge on any atom is -0.278 e. The summed E-state index contributed by atoms with van der Waals surface area (Å²) in [6, 6.07) is 53.6. The molecule has 354 valence electrons. The molecule has 16 rings (SSSR count). The summed E-state index contributed by atoms with van der Waals surface area (Å²) in [6.07, 6.45) is 0. The van der Waals surface area contributed by atoms with Crippen molar-refractivity contribution >= 4 is 101 Å². The van der Waals surface area contributed by atoms with Crippen LogP contribution in [-0.4, -0.2) is 40.2 Å². The first-order valence-corrected chi connectivity index (χ1v) is 29.1. The zero-order valence-electron chi connectivity index (χ0n) is 53.2. The molecule has 0 bridgehead atoms. The molecular weight excluding hydrogens is 955 g/mol. The fourth-order valence-electron chi connectivity index (χ4n) is 12.6. The van der Waals surface area contributed by atoms with Gasteiger partial charge in [-0.25, -0.2) is 0 Å². The highest BCUT2D eigenvalue weighted by Crippen LogP contribution is 2.36. The van der Waals surface area contributed by atoms with Gasteiger partial charge in [0.05, 0.1) is 39.9 Å². The fraction of sp³-hybridized carbons (Fsp3) is 0. The van der Waals surface area contributed by atoms with Gasteiger partial charge in [0.2, 0.25) is 11.9 Å². The Hall–Kier alpha value is -9.54. The lowest BCUT2D eigenvalue weighted by molar-refractivity contribution is 0.893. The van der Waals surface area contributed by atoms with Gasteiger partial charge in [0, 0.05) is 27.1 Å². The maximum absolute atomic E-state index is 11.5. The van der Waals surface area contributed by atoms with Gasteiger partial charge in [0.25, 0.3) is 0 Å². The average Bonchev–Trinajstić information content (AvgIpc) is 1.60. The van der Waals surface area contributed by atoms with E-state index >= 15 is 0 Å². The third-order valence-electron chi connectivity index (χ3n) is 15.6. The van der Waals surface area contributed by atoms with Crippen LogP contribution in [0.15, 0.2) is 273 Å². The summed E-state index contributed by atoms with van der Waals surface area (Å²) in [5.74, 6) is 0.00884. The van der Waals surface area contributed by atoms with Gasteiger partial charge in [0.1, 0.15) is 0 Å². The van der Waals surface area contributed by atoms with Crippen molar-refractivity contribution in [3.8, 4) is 45.5 Å². The highest BCUT2D eigenvalue weighted by atomic mass is 28.3. The van der Waals surface area contributed by atoms with Crippen molar-refractivity contribution in [2.45, 2.75) is 0 Å². The lowest BCUT2D eigenvalue weighted by Gasteiger charge is -2.35. The third-order valence-corrected chi connectivity index (χ3v) is 24.5. The second kappa shape index (κ2) is 16.5. The van der Waals surface area contributed by atoms with Gasteiger partial charge in [-0.1, -0.05) is 248 Å². The molecule has 0 saturated heterocycles. The molecule has 2 aliphatic rings. The number of benzene rings is 11. The monoisotopic (exact) mass is 1010 g/mol. The number of nitrogens with zero attached hydrogens (tertiary/aromatic N) is 5. The van der Waals surface area contributed by atoms with Gasteiger partial charge < -0.3 is 0 Å². The molecular formula is C69H45N5Si2. The Balaban J connectivity index is 1.18. The predicted octanol–water partition coefficient (Wildman–Crippen LogP) is 10.4. The molecule has 3 aromatic heterocycles. The van der Waals surface area contributed by atoms with E-state index in [0.717, 1.165) is 43.6 Å². The molecule has 0 saturated carbocycles. The van der Waals surface area contributed by atoms with Crippen molar-refractivity contribution in [2.75, 3.05) is 0 Å². The van der Waals surface area contributed by atoms with Crippen molar-refractivity contribution < 1.29 is 17.8 Å². The molecule has 0 radical (unpaired) electrons. The minimum absolute atomic E-state index is 0.0761. The first-order chi connectivity index (χ1) is 43.1. The predicted molar refractivity (Wildman–Crippen MR) is 319 cm³/mol. The molecule has 5 nitrogen and oxygen atoms in total. The number of fused-ring (bicyclic) bond motifs is 12. The summed E-state index contributed by atoms with van der Waals surface area (Å²) < 4.78 is 134. The lowest BCUT2D eigenvalue weighted by atomic mass is 10.1. The fourth-order valence-corrected chi connectivity index (χ4v) is 22.1. The number of hydrogen-bond acceptors (Lipinski definition) is 3. The normalized spacial score (nSPS) is 16.1. The van der Waals surface area contributed by atoms with Crippen LogP contribution in [0.5, 0.6) is 0 Å². The first-order valence-electron chi connectivity index (χ1n) is 31.6. The number of para-hydroxylation sites is 4. The van der Waals surface area contributed by atoms with E-state index in [9.17, 15) is 15.1 Å². The standard InChI is InChI=1S/C69H45N5Si2/c1-3-23-47(24-4-1)75(63-39-19-11-31-55(63)56-32-12-20-40-64(56)75)49-43-46(44-50(45-49)76(48-25-5-2-6-26-48)65-41-21-13-33-57(65)58-34-14-22-42-66(58)76)67-70-68(73-59-35-15-7-27-51(59)52-28-8-16-36-60(52)73)72-69(71-67)74-61-37-17-9-29-53(61)54-30-10-18-38-62(54)74/h1-45H/i1D,2D,3D,4D,5D,6D,23D,24D,25D,26D,43D,44D,45D. The van der Waals surface area contributed by atoms with Gasteiger partial charge in [-0.05, 0) is 88.0 Å². The number of rotatable bonds is 7. The van der Waals surface area contributed by atoms with Crippen LogP contribution in [0.1, 0.15) is 17.8 Å². The molecule has 2 aliphatic heterocycles. The van der Waals surface area contributed by atoms with Crippen molar-refractivity contribution in [3.63, 3.8) is 0 Å². The van der Waals surface area contributed by atoms with E-state index in [4.69, 9.17) is 17.7 Å². The third kappa shape index (κ3) is 5.86. The summed E-state index contributed by atoms with van der Waals surface area (Å²) in [5, 5.41) is 5.20. The maximum atomic E-state index is 11.5. The topological polar surface area (TPSA) is 48.5 Å². The summed E-state index contributed by atoms with van der Waals surface area (Å²) >= 11 is 0. The van der Waals surface area contributed by atoms with Gasteiger partial charge in [-0.15, -0.1) is 0 Å². The molecule has 0 aliphatic carbocycles. The highest BCUT2D eigenvalue weighted by Gasteiger charge is 2.52. The van der Waals surface area contributed by atoms with E-state index in [1.165, 1.54) is 0 Å². The van der Waals surface area contributed by atoms with E-state index in [1.54, 1.807) is 24.3 Å². The molecule has 0 amide bonds. The molecule has 5 heterocycles. The molecule has 0 atom stereocenters. The van der Waals surface area contributed by atoms with Gasteiger partial charge in [0.15, 0.2) is 22.0 Å². The summed E-state index contributed by atoms with van der Waals surface area (Å²) in [4.78, 5) is 16.3. The van der Waals surface area contributed by atoms with Crippen LogP contribution in [0.2, 0.25) is 0 Å². The molecule has 7 heteroatoms. The van der Waals surface area contributed by atoms with Crippen LogP contribution in [0.4, 0.5) is 0 Å². The van der Waals surface area contributed by atoms with Crippen LogP contribution >= 0.6 is 0 Å². The average molecular weight is 1010 g/mol. The molecule has 0 fully saturated rings. The van der Waals surface area contributed by atoms with E-state index < -0.39 is 94.7 Å². The van der Waals surface area contributed by atoms with E-state index in [-0.39, 0.29) is 44.0 Å². The molecule has 76 heavy (non-hydrogen) atoms. The van der Waals surface area contributed by atoms with E-state index in [1.807, 2.05) is 179 Å². The Morgan fingerprint density at radius 3 is 0.947 bits per heavy atom. The van der Waals surface area contributed by atoms with Crippen molar-refractivity contribution in [1.82, 2.24) is 24.1 Å². The van der Waals surface area contributed by atoms with Crippen LogP contribution in [0, 0.1) is 0 Å². The lowest BCUT2D eigenvalue weighted by Crippen LogP contribution is -2.76. The zero-order chi connectivity index (χ0) is 61.3. The second-order valence-electron chi connectivity index (χ2n) is 19.2. The van der Waals surface area contributed by atoms with Crippen LogP contribution in [0.25, 0.3) is 89.2 Å². The summed E-state index contributed by atoms with van der Waals surface area (Å²) in [5.41, 5.74) is 5.31.